The van der Waals surface area contributed by atoms with Crippen LogP contribution >= 0.6 is 0 Å². The second kappa shape index (κ2) is 4.45. The van der Waals surface area contributed by atoms with E-state index < -0.39 is 0 Å². The maximum atomic E-state index is 13.0. The van der Waals surface area contributed by atoms with Gasteiger partial charge < -0.3 is 4.90 Å². The fourth-order valence-electron chi connectivity index (χ4n) is 4.52. The second-order valence-corrected chi connectivity index (χ2v) is 6.93. The Morgan fingerprint density at radius 3 is 2.45 bits per heavy atom. The number of fused-ring (bicyclic) bond motifs is 3. The van der Waals surface area contributed by atoms with Crippen LogP contribution in [0.4, 0.5) is 5.69 Å². The van der Waals surface area contributed by atoms with Crippen molar-refractivity contribution in [1.29, 1.82) is 0 Å². The van der Waals surface area contributed by atoms with Crippen LogP contribution < -0.4 is 4.90 Å². The largest absolute Gasteiger partial charge is 0.304 e. The van der Waals surface area contributed by atoms with Crippen molar-refractivity contribution in [3.63, 3.8) is 0 Å². The van der Waals surface area contributed by atoms with E-state index in [4.69, 9.17) is 0 Å². The summed E-state index contributed by atoms with van der Waals surface area (Å²) in [5.41, 5.74) is 3.35. The van der Waals surface area contributed by atoms with Crippen LogP contribution in [-0.2, 0) is 0 Å². The lowest BCUT2D eigenvalue weighted by atomic mass is 9.65. The van der Waals surface area contributed by atoms with Crippen LogP contribution in [0.15, 0.2) is 54.6 Å². The molecule has 22 heavy (non-hydrogen) atoms. The monoisotopic (exact) mass is 289 g/mol. The normalized spacial score (nSPS) is 28.7. The number of nitrogens with zero attached hydrogens (tertiary/aromatic N) is 1. The number of benzene rings is 2. The number of para-hydroxylation sites is 1. The molecular formula is C20H19NO. The summed E-state index contributed by atoms with van der Waals surface area (Å²) < 4.78 is 0. The molecule has 1 heterocycles. The summed E-state index contributed by atoms with van der Waals surface area (Å²) in [5.74, 6) is 2.46. The Hall–Kier alpha value is -2.09. The van der Waals surface area contributed by atoms with Crippen LogP contribution in [0.25, 0.3) is 0 Å². The highest BCUT2D eigenvalue weighted by molar-refractivity contribution is 6.08. The highest BCUT2D eigenvalue weighted by Gasteiger charge is 2.56. The Balaban J connectivity index is 1.55. The highest BCUT2D eigenvalue weighted by Crippen LogP contribution is 2.61. The number of anilines is 1. The Kier molecular flexibility index (Phi) is 2.52. The third-order valence-corrected chi connectivity index (χ3v) is 5.74. The molecule has 110 valence electrons. The molecule has 0 saturated heterocycles. The number of carbonyl (C=O) groups excluding carboxylic acids is 1. The lowest BCUT2D eigenvalue weighted by Crippen LogP contribution is -2.49. The molecule has 2 saturated carbocycles. The fraction of sp³-hybridized carbons (Fsp3) is 0.350. The molecule has 0 bridgehead atoms. The summed E-state index contributed by atoms with van der Waals surface area (Å²) in [6.45, 7) is 0. The maximum Gasteiger partial charge on any atom is 0.258 e. The predicted octanol–water partition coefficient (Wildman–Crippen LogP) is 4.23. The van der Waals surface area contributed by atoms with Crippen LogP contribution in [0.5, 0.6) is 0 Å². The predicted molar refractivity (Wildman–Crippen MR) is 87.1 cm³/mol. The van der Waals surface area contributed by atoms with Gasteiger partial charge in [-0.3, -0.25) is 4.79 Å². The van der Waals surface area contributed by atoms with Crippen molar-refractivity contribution in [3.05, 3.63) is 65.7 Å². The van der Waals surface area contributed by atoms with Crippen LogP contribution in [0.3, 0.4) is 0 Å². The summed E-state index contributed by atoms with van der Waals surface area (Å²) in [7, 11) is 0. The maximum absolute atomic E-state index is 13.0. The van der Waals surface area contributed by atoms with E-state index in [2.05, 4.69) is 29.2 Å². The van der Waals surface area contributed by atoms with Gasteiger partial charge in [-0.25, -0.2) is 0 Å². The number of rotatable bonds is 2. The Bertz CT molecular complexity index is 734. The first kappa shape index (κ1) is 12.5. The van der Waals surface area contributed by atoms with Crippen LogP contribution in [0.1, 0.15) is 41.1 Å². The molecule has 3 aliphatic rings. The van der Waals surface area contributed by atoms with Gasteiger partial charge >= 0.3 is 0 Å². The van der Waals surface area contributed by atoms with Gasteiger partial charge in [0.05, 0.1) is 0 Å². The van der Waals surface area contributed by atoms with Gasteiger partial charge in [0.2, 0.25) is 0 Å². The molecule has 0 radical (unpaired) electrons. The zero-order valence-electron chi connectivity index (χ0n) is 12.5. The van der Waals surface area contributed by atoms with E-state index in [0.717, 1.165) is 23.1 Å². The molecule has 5 rings (SSSR count). The Morgan fingerprint density at radius 1 is 0.955 bits per heavy atom. The molecule has 3 atom stereocenters. The van der Waals surface area contributed by atoms with Gasteiger partial charge in [0.1, 0.15) is 0 Å². The van der Waals surface area contributed by atoms with E-state index in [9.17, 15) is 4.79 Å². The summed E-state index contributed by atoms with van der Waals surface area (Å²) in [5, 5.41) is 0. The zero-order valence-corrected chi connectivity index (χ0v) is 12.5. The van der Waals surface area contributed by atoms with Gasteiger partial charge in [-0.2, -0.15) is 0 Å². The standard InChI is InChI=1S/C20H19NO/c22-20(14-6-2-1-3-7-14)21-17-9-5-4-8-15(17)19-16(12-18(19)21)13-10-11-13/h1-9,13,16,18-19H,10-12H2. The van der Waals surface area contributed by atoms with Crippen molar-refractivity contribution in [2.75, 3.05) is 4.90 Å². The van der Waals surface area contributed by atoms with Gasteiger partial charge in [0.15, 0.2) is 0 Å². The molecule has 0 N–H and O–H groups in total. The average Bonchev–Trinajstić information content (AvgIpc) is 3.33. The lowest BCUT2D eigenvalue weighted by Gasteiger charge is -2.44. The second-order valence-electron chi connectivity index (χ2n) is 6.93. The Labute approximate surface area is 130 Å². The van der Waals surface area contributed by atoms with Gasteiger partial charge in [0.25, 0.3) is 5.91 Å². The van der Waals surface area contributed by atoms with Crippen LogP contribution in [0.2, 0.25) is 0 Å². The smallest absolute Gasteiger partial charge is 0.258 e. The summed E-state index contributed by atoms with van der Waals surface area (Å²) in [4.78, 5) is 15.1. The third kappa shape index (κ3) is 1.64. The number of amides is 1. The summed E-state index contributed by atoms with van der Waals surface area (Å²) in [6, 6.07) is 18.6. The van der Waals surface area contributed by atoms with Crippen molar-refractivity contribution < 1.29 is 4.79 Å². The van der Waals surface area contributed by atoms with Crippen LogP contribution in [-0.4, -0.2) is 11.9 Å². The molecular weight excluding hydrogens is 270 g/mol. The quantitative estimate of drug-likeness (QED) is 0.810. The number of carbonyl (C=O) groups is 1. The molecule has 2 nitrogen and oxygen atoms in total. The molecule has 2 aromatic carbocycles. The molecule has 2 heteroatoms. The molecule has 2 aliphatic carbocycles. The molecule has 0 spiro atoms. The lowest BCUT2D eigenvalue weighted by molar-refractivity contribution is 0.0934. The summed E-state index contributed by atoms with van der Waals surface area (Å²) in [6.07, 6.45) is 3.97. The van der Waals surface area contributed by atoms with E-state index >= 15 is 0 Å². The third-order valence-electron chi connectivity index (χ3n) is 5.74. The number of hydrogen-bond acceptors (Lipinski definition) is 1. The fourth-order valence-corrected chi connectivity index (χ4v) is 4.52. The Morgan fingerprint density at radius 2 is 1.68 bits per heavy atom. The molecule has 2 fully saturated rings. The van der Waals surface area contributed by atoms with Gasteiger partial charge in [0, 0.05) is 23.2 Å². The SMILES string of the molecule is O=C(c1ccccc1)N1c2ccccc2C2C(C3CC3)CC21. The highest BCUT2D eigenvalue weighted by atomic mass is 16.2. The van der Waals surface area contributed by atoms with E-state index in [1.165, 1.54) is 24.8 Å². The van der Waals surface area contributed by atoms with Gasteiger partial charge in [-0.1, -0.05) is 36.4 Å². The molecule has 1 amide bonds. The van der Waals surface area contributed by atoms with Gasteiger partial charge in [-0.15, -0.1) is 0 Å². The first-order valence-electron chi connectivity index (χ1n) is 8.32. The molecule has 1 aliphatic heterocycles. The summed E-state index contributed by atoms with van der Waals surface area (Å²) >= 11 is 0. The average molecular weight is 289 g/mol. The first-order chi connectivity index (χ1) is 10.8. The topological polar surface area (TPSA) is 20.3 Å². The minimum absolute atomic E-state index is 0.162. The first-order valence-corrected chi connectivity index (χ1v) is 8.32. The van der Waals surface area contributed by atoms with Gasteiger partial charge in [-0.05, 0) is 54.9 Å². The zero-order chi connectivity index (χ0) is 14.7. The minimum Gasteiger partial charge on any atom is -0.304 e. The van der Waals surface area contributed by atoms with Crippen molar-refractivity contribution in [1.82, 2.24) is 0 Å². The molecule has 0 aromatic heterocycles. The minimum atomic E-state index is 0.162. The van der Waals surface area contributed by atoms with Crippen molar-refractivity contribution in [3.8, 4) is 0 Å². The number of hydrogen-bond donors (Lipinski definition) is 0. The van der Waals surface area contributed by atoms with E-state index in [-0.39, 0.29) is 5.91 Å². The van der Waals surface area contributed by atoms with Crippen molar-refractivity contribution >= 4 is 11.6 Å². The van der Waals surface area contributed by atoms with E-state index in [1.54, 1.807) is 0 Å². The van der Waals surface area contributed by atoms with E-state index in [1.807, 2.05) is 30.3 Å². The van der Waals surface area contributed by atoms with Crippen molar-refractivity contribution in [2.24, 2.45) is 11.8 Å². The molecule has 2 aromatic rings. The van der Waals surface area contributed by atoms with Crippen LogP contribution in [0, 0.1) is 11.8 Å². The van der Waals surface area contributed by atoms with Crippen molar-refractivity contribution in [2.45, 2.75) is 31.2 Å². The molecule has 3 unspecified atom stereocenters. The van der Waals surface area contributed by atoms with E-state index in [0.29, 0.717) is 12.0 Å².